The molecule has 8 aromatic carbocycles. The van der Waals surface area contributed by atoms with E-state index in [9.17, 15) is 0 Å². The van der Waals surface area contributed by atoms with Gasteiger partial charge >= 0.3 is 0 Å². The summed E-state index contributed by atoms with van der Waals surface area (Å²) in [6.45, 7) is 0. The molecule has 1 spiro atoms. The molecule has 0 unspecified atom stereocenters. The Morgan fingerprint density at radius 3 is 1.47 bits per heavy atom. The molecular formula is C53H32N4S. The highest BCUT2D eigenvalue weighted by molar-refractivity contribution is 7.99. The van der Waals surface area contributed by atoms with E-state index in [0.717, 1.165) is 44.2 Å². The minimum Gasteiger partial charge on any atom is -0.247 e. The van der Waals surface area contributed by atoms with Crippen molar-refractivity contribution in [3.8, 4) is 56.5 Å². The van der Waals surface area contributed by atoms with Crippen LogP contribution in [0.25, 0.3) is 78.2 Å². The van der Waals surface area contributed by atoms with Crippen molar-refractivity contribution in [2.45, 2.75) is 15.2 Å². The summed E-state index contributed by atoms with van der Waals surface area (Å²) in [4.78, 5) is 23.1. The fourth-order valence-electron chi connectivity index (χ4n) is 9.25. The summed E-state index contributed by atoms with van der Waals surface area (Å²) < 4.78 is 0. The molecule has 0 atom stereocenters. The Balaban J connectivity index is 1.14. The predicted octanol–water partition coefficient (Wildman–Crippen LogP) is 13.1. The zero-order valence-electron chi connectivity index (χ0n) is 31.2. The van der Waals surface area contributed by atoms with Gasteiger partial charge in [0.05, 0.1) is 16.6 Å². The molecule has 0 fully saturated rings. The van der Waals surface area contributed by atoms with E-state index in [4.69, 9.17) is 19.9 Å². The highest BCUT2D eigenvalue weighted by atomic mass is 32.2. The lowest BCUT2D eigenvalue weighted by Crippen LogP contribution is -2.32. The van der Waals surface area contributed by atoms with Crippen molar-refractivity contribution in [1.82, 2.24) is 19.9 Å². The molecule has 0 radical (unpaired) electrons. The van der Waals surface area contributed by atoms with Crippen LogP contribution >= 0.6 is 11.8 Å². The topological polar surface area (TPSA) is 51.6 Å². The summed E-state index contributed by atoms with van der Waals surface area (Å²) in [5.41, 5.74) is 13.1. The molecule has 3 heterocycles. The number of aromatic nitrogens is 4. The Hall–Kier alpha value is -7.21. The van der Waals surface area contributed by atoms with Gasteiger partial charge in [-0.05, 0) is 63.0 Å². The van der Waals surface area contributed by atoms with Crippen molar-refractivity contribution in [3.05, 3.63) is 216 Å². The normalized spacial score (nSPS) is 13.2. The van der Waals surface area contributed by atoms with Gasteiger partial charge in [0.15, 0.2) is 17.5 Å². The van der Waals surface area contributed by atoms with Crippen LogP contribution in [0.3, 0.4) is 0 Å². The van der Waals surface area contributed by atoms with Crippen LogP contribution in [0.15, 0.2) is 204 Å². The van der Waals surface area contributed by atoms with Crippen LogP contribution in [-0.2, 0) is 5.41 Å². The highest BCUT2D eigenvalue weighted by Crippen LogP contribution is 2.62. The van der Waals surface area contributed by atoms with Gasteiger partial charge < -0.3 is 0 Å². The first kappa shape index (κ1) is 33.0. The number of hydrogen-bond donors (Lipinski definition) is 0. The van der Waals surface area contributed by atoms with Gasteiger partial charge in [-0.1, -0.05) is 182 Å². The van der Waals surface area contributed by atoms with E-state index < -0.39 is 5.41 Å². The fraction of sp³-hybridized carbons (Fsp3) is 0.0189. The van der Waals surface area contributed by atoms with Crippen molar-refractivity contribution in [1.29, 1.82) is 0 Å². The molecule has 0 N–H and O–H groups in total. The lowest BCUT2D eigenvalue weighted by atomic mass is 9.67. The van der Waals surface area contributed by atoms with E-state index in [1.165, 1.54) is 48.6 Å². The molecule has 0 saturated carbocycles. The van der Waals surface area contributed by atoms with E-state index >= 15 is 0 Å². The average Bonchev–Trinajstić information content (AvgIpc) is 3.59. The first-order valence-corrected chi connectivity index (χ1v) is 20.4. The van der Waals surface area contributed by atoms with Gasteiger partial charge in [-0.15, -0.1) is 0 Å². The summed E-state index contributed by atoms with van der Waals surface area (Å²) in [6, 6.07) is 69.1. The average molecular weight is 757 g/mol. The summed E-state index contributed by atoms with van der Waals surface area (Å²) in [6.07, 6.45) is 0. The van der Waals surface area contributed by atoms with Crippen LogP contribution in [0.2, 0.25) is 0 Å². The van der Waals surface area contributed by atoms with Crippen molar-refractivity contribution < 1.29 is 0 Å². The number of pyridine rings is 1. The van der Waals surface area contributed by atoms with Crippen molar-refractivity contribution >= 4 is 33.4 Å². The number of nitrogens with zero attached hydrogens (tertiary/aromatic N) is 4. The Bertz CT molecular complexity index is 3150. The van der Waals surface area contributed by atoms with Crippen molar-refractivity contribution in [2.75, 3.05) is 0 Å². The molecule has 270 valence electrons. The van der Waals surface area contributed by atoms with E-state index in [1.807, 2.05) is 72.4 Å². The molecule has 0 saturated heterocycles. The molecule has 4 nitrogen and oxygen atoms in total. The van der Waals surface area contributed by atoms with Gasteiger partial charge in [0.25, 0.3) is 0 Å². The van der Waals surface area contributed by atoms with Gasteiger partial charge in [0, 0.05) is 42.8 Å². The molecule has 58 heavy (non-hydrogen) atoms. The van der Waals surface area contributed by atoms with Crippen LogP contribution in [0.5, 0.6) is 0 Å². The number of hydrogen-bond acceptors (Lipinski definition) is 5. The number of fused-ring (bicyclic) bond motifs is 12. The molecule has 1 aliphatic heterocycles. The van der Waals surface area contributed by atoms with E-state index in [0.29, 0.717) is 17.5 Å². The Labute approximate surface area is 340 Å². The maximum absolute atomic E-state index is 5.49. The fourth-order valence-corrected chi connectivity index (χ4v) is 10.5. The molecule has 12 rings (SSSR count). The monoisotopic (exact) mass is 756 g/mol. The molecule has 1 aliphatic carbocycles. The van der Waals surface area contributed by atoms with E-state index in [-0.39, 0.29) is 0 Å². The largest absolute Gasteiger partial charge is 0.247 e. The summed E-state index contributed by atoms with van der Waals surface area (Å²) >= 11 is 1.87. The van der Waals surface area contributed by atoms with Gasteiger partial charge in [-0.3, -0.25) is 0 Å². The lowest BCUT2D eigenvalue weighted by Gasteiger charge is -2.40. The van der Waals surface area contributed by atoms with E-state index in [1.54, 1.807) is 0 Å². The maximum Gasteiger partial charge on any atom is 0.164 e. The van der Waals surface area contributed by atoms with Crippen molar-refractivity contribution in [2.24, 2.45) is 0 Å². The predicted molar refractivity (Wildman–Crippen MR) is 236 cm³/mol. The number of rotatable bonds is 4. The van der Waals surface area contributed by atoms with Gasteiger partial charge in [0.1, 0.15) is 0 Å². The SMILES string of the molecule is c1ccc(-c2nc(-c3ccccc3)nc(-c3ccc4c(c3)nc(-c3ccccc3)c3cc5c(cc34)C3(c4ccccc4S5)c4ccccc4-c4ccccc43)n2)cc1. The lowest BCUT2D eigenvalue weighted by molar-refractivity contribution is 0.724. The van der Waals surface area contributed by atoms with Crippen LogP contribution in [0.1, 0.15) is 22.3 Å². The molecular weight excluding hydrogens is 725 g/mol. The van der Waals surface area contributed by atoms with Gasteiger partial charge in [-0.25, -0.2) is 19.9 Å². The Morgan fingerprint density at radius 2 is 0.845 bits per heavy atom. The Kier molecular flexibility index (Phi) is 7.34. The molecule has 2 aliphatic rings. The zero-order valence-corrected chi connectivity index (χ0v) is 32.0. The second-order valence-electron chi connectivity index (χ2n) is 14.9. The second-order valence-corrected chi connectivity index (χ2v) is 16.0. The summed E-state index contributed by atoms with van der Waals surface area (Å²) in [5, 5.41) is 3.38. The first-order valence-electron chi connectivity index (χ1n) is 19.6. The first-order chi connectivity index (χ1) is 28.7. The molecule has 2 aromatic heterocycles. The molecule has 10 aromatic rings. The summed E-state index contributed by atoms with van der Waals surface area (Å²) in [7, 11) is 0. The van der Waals surface area contributed by atoms with Crippen LogP contribution in [-0.4, -0.2) is 19.9 Å². The van der Waals surface area contributed by atoms with Crippen LogP contribution in [0.4, 0.5) is 0 Å². The molecule has 0 amide bonds. The second kappa shape index (κ2) is 12.9. The molecule has 0 bridgehead atoms. The standard InChI is InChI=1S/C53H32N4S/c1-4-16-33(17-5-1)49-41-32-48-45(53(44-26-14-15-27-47(44)58-48)42-24-12-10-22-37(42)38-23-11-13-25-43(38)53)31-40(41)39-29-28-36(30-46(39)54-49)52-56-50(34-18-6-2-7-19-34)55-51(57-52)35-20-8-3-9-21-35/h1-32H. The third kappa shape index (κ3) is 4.90. The van der Waals surface area contributed by atoms with E-state index in [2.05, 4.69) is 133 Å². The maximum atomic E-state index is 5.49. The number of benzene rings is 8. The third-order valence-electron chi connectivity index (χ3n) is 11.8. The van der Waals surface area contributed by atoms with Gasteiger partial charge in [0.2, 0.25) is 0 Å². The van der Waals surface area contributed by atoms with Crippen LogP contribution < -0.4 is 0 Å². The zero-order chi connectivity index (χ0) is 38.2. The smallest absolute Gasteiger partial charge is 0.164 e. The minimum atomic E-state index is -0.479. The van der Waals surface area contributed by atoms with Crippen molar-refractivity contribution in [3.63, 3.8) is 0 Å². The third-order valence-corrected chi connectivity index (χ3v) is 12.9. The van der Waals surface area contributed by atoms with Crippen LogP contribution in [0, 0.1) is 0 Å². The Morgan fingerprint density at radius 1 is 0.328 bits per heavy atom. The minimum absolute atomic E-state index is 0.479. The van der Waals surface area contributed by atoms with Gasteiger partial charge in [-0.2, -0.15) is 0 Å². The summed E-state index contributed by atoms with van der Waals surface area (Å²) in [5.74, 6) is 1.87. The molecule has 5 heteroatoms. The highest BCUT2D eigenvalue weighted by Gasteiger charge is 2.50. The quantitative estimate of drug-likeness (QED) is 0.167.